The molecule has 0 spiro atoms. The molecule has 0 fully saturated rings. The Morgan fingerprint density at radius 2 is 1.17 bits per heavy atom. The first-order valence-corrected chi connectivity index (χ1v) is 7.11. The Bertz CT molecular complexity index is 648. The lowest BCUT2D eigenvalue weighted by atomic mass is 10.2. The fourth-order valence-electron chi connectivity index (χ4n) is 1.74. The van der Waals surface area contributed by atoms with Gasteiger partial charge in [0, 0.05) is 0 Å². The molecule has 0 atom stereocenters. The highest BCUT2D eigenvalue weighted by molar-refractivity contribution is 5.83. The molecule has 0 radical (unpaired) electrons. The van der Waals surface area contributed by atoms with Crippen LogP contribution in [0.4, 0.5) is 4.79 Å². The minimum atomic E-state index is -0.537. The molecule has 0 aliphatic carbocycles. The van der Waals surface area contributed by atoms with Crippen molar-refractivity contribution in [3.63, 3.8) is 0 Å². The molecular formula is C17H18N4O3. The maximum absolute atomic E-state index is 11.5. The normalized spacial score (nSPS) is 10.8. The van der Waals surface area contributed by atoms with Gasteiger partial charge in [0.25, 0.3) is 0 Å². The van der Waals surface area contributed by atoms with Crippen molar-refractivity contribution in [3.8, 4) is 11.5 Å². The van der Waals surface area contributed by atoms with Crippen molar-refractivity contribution < 1.29 is 14.3 Å². The summed E-state index contributed by atoms with van der Waals surface area (Å²) in [6.07, 6.45) is 3.04. The maximum Gasteiger partial charge on any atom is 0.355 e. The van der Waals surface area contributed by atoms with E-state index < -0.39 is 6.03 Å². The first kappa shape index (κ1) is 17.0. The van der Waals surface area contributed by atoms with Gasteiger partial charge in [-0.1, -0.05) is 0 Å². The number of urea groups is 1. The third-order valence-corrected chi connectivity index (χ3v) is 2.99. The SMILES string of the molecule is COc1ccc(C=NNC(=O)NN=Cc2ccc(OC)cc2)cc1. The number of hydrogen-bond acceptors (Lipinski definition) is 5. The second-order valence-electron chi connectivity index (χ2n) is 4.62. The highest BCUT2D eigenvalue weighted by Crippen LogP contribution is 2.10. The maximum atomic E-state index is 11.5. The van der Waals surface area contributed by atoms with Crippen LogP contribution >= 0.6 is 0 Å². The predicted octanol–water partition coefficient (Wildman–Crippen LogP) is 2.37. The monoisotopic (exact) mass is 326 g/mol. The van der Waals surface area contributed by atoms with Crippen LogP contribution in [0.2, 0.25) is 0 Å². The first-order valence-electron chi connectivity index (χ1n) is 7.11. The molecule has 7 heteroatoms. The molecule has 0 aliphatic rings. The molecule has 0 aromatic heterocycles. The number of carbonyl (C=O) groups is 1. The molecule has 0 bridgehead atoms. The Kier molecular flexibility index (Phi) is 6.34. The van der Waals surface area contributed by atoms with Crippen LogP contribution in [0.5, 0.6) is 11.5 Å². The van der Waals surface area contributed by atoms with Gasteiger partial charge in [0.05, 0.1) is 26.6 Å². The molecule has 2 aromatic carbocycles. The van der Waals surface area contributed by atoms with Crippen LogP contribution in [0, 0.1) is 0 Å². The Morgan fingerprint density at radius 1 is 0.792 bits per heavy atom. The van der Waals surface area contributed by atoms with Gasteiger partial charge in [0.15, 0.2) is 0 Å². The van der Waals surface area contributed by atoms with Crippen molar-refractivity contribution >= 4 is 18.5 Å². The van der Waals surface area contributed by atoms with E-state index in [0.717, 1.165) is 22.6 Å². The van der Waals surface area contributed by atoms with Crippen molar-refractivity contribution in [1.82, 2.24) is 10.9 Å². The van der Waals surface area contributed by atoms with E-state index in [-0.39, 0.29) is 0 Å². The van der Waals surface area contributed by atoms with E-state index in [2.05, 4.69) is 21.1 Å². The number of nitrogens with one attached hydrogen (secondary N) is 2. The summed E-state index contributed by atoms with van der Waals surface area (Å²) < 4.78 is 10.1. The van der Waals surface area contributed by atoms with Crippen LogP contribution in [0.1, 0.15) is 11.1 Å². The van der Waals surface area contributed by atoms with Gasteiger partial charge in [-0.25, -0.2) is 15.6 Å². The first-order chi connectivity index (χ1) is 11.7. The second-order valence-corrected chi connectivity index (χ2v) is 4.62. The molecule has 2 amide bonds. The lowest BCUT2D eigenvalue weighted by Gasteiger charge is -2.00. The third kappa shape index (κ3) is 5.45. The summed E-state index contributed by atoms with van der Waals surface area (Å²) in [5, 5.41) is 7.65. The Hall–Kier alpha value is -3.35. The third-order valence-electron chi connectivity index (χ3n) is 2.99. The van der Waals surface area contributed by atoms with E-state index in [1.807, 2.05) is 24.3 Å². The average molecular weight is 326 g/mol. The molecule has 124 valence electrons. The molecule has 0 unspecified atom stereocenters. The Balaban J connectivity index is 1.77. The number of benzene rings is 2. The number of methoxy groups -OCH3 is 2. The van der Waals surface area contributed by atoms with Gasteiger partial charge in [-0.3, -0.25) is 0 Å². The number of carbonyl (C=O) groups excluding carboxylic acids is 1. The number of nitrogens with zero attached hydrogens (tertiary/aromatic N) is 2. The number of hydrogen-bond donors (Lipinski definition) is 2. The summed E-state index contributed by atoms with van der Waals surface area (Å²) in [6, 6.07) is 14.0. The van der Waals surface area contributed by atoms with Gasteiger partial charge < -0.3 is 9.47 Å². The van der Waals surface area contributed by atoms with E-state index in [1.54, 1.807) is 38.5 Å². The lowest BCUT2D eigenvalue weighted by Crippen LogP contribution is -2.28. The Labute approximate surface area is 140 Å². The second kappa shape index (κ2) is 8.94. The highest BCUT2D eigenvalue weighted by Gasteiger charge is 1.95. The van der Waals surface area contributed by atoms with E-state index in [0.29, 0.717) is 0 Å². The molecule has 0 aliphatic heterocycles. The van der Waals surface area contributed by atoms with Crippen LogP contribution in [0.3, 0.4) is 0 Å². The Morgan fingerprint density at radius 3 is 1.50 bits per heavy atom. The number of amides is 2. The standard InChI is InChI=1S/C17H18N4O3/c1-23-15-7-3-13(4-8-15)11-18-20-17(22)21-19-12-14-5-9-16(24-2)10-6-14/h3-12H,1-2H3,(H2,20,21,22). The van der Waals surface area contributed by atoms with Crippen molar-refractivity contribution in [3.05, 3.63) is 59.7 Å². The minimum Gasteiger partial charge on any atom is -0.497 e. The van der Waals surface area contributed by atoms with Gasteiger partial charge in [-0.2, -0.15) is 10.2 Å². The minimum absolute atomic E-state index is 0.537. The smallest absolute Gasteiger partial charge is 0.355 e. The summed E-state index contributed by atoms with van der Waals surface area (Å²) in [5.41, 5.74) is 6.30. The molecule has 0 saturated heterocycles. The fourth-order valence-corrected chi connectivity index (χ4v) is 1.74. The van der Waals surface area contributed by atoms with Crippen molar-refractivity contribution in [2.75, 3.05) is 14.2 Å². The summed E-state index contributed by atoms with van der Waals surface area (Å²) in [7, 11) is 3.20. The quantitative estimate of drug-likeness (QED) is 0.631. The molecule has 0 saturated carbocycles. The van der Waals surface area contributed by atoms with Gasteiger partial charge in [-0.05, 0) is 59.7 Å². The van der Waals surface area contributed by atoms with Gasteiger partial charge in [0.2, 0.25) is 0 Å². The van der Waals surface area contributed by atoms with Crippen LogP contribution in [-0.2, 0) is 0 Å². The molecule has 2 N–H and O–H groups in total. The van der Waals surface area contributed by atoms with E-state index >= 15 is 0 Å². The van der Waals surface area contributed by atoms with Crippen molar-refractivity contribution in [1.29, 1.82) is 0 Å². The lowest BCUT2D eigenvalue weighted by molar-refractivity contribution is 0.242. The summed E-state index contributed by atoms with van der Waals surface area (Å²) in [4.78, 5) is 11.5. The molecule has 7 nitrogen and oxygen atoms in total. The largest absolute Gasteiger partial charge is 0.497 e. The summed E-state index contributed by atoms with van der Waals surface area (Å²) in [5.74, 6) is 1.51. The van der Waals surface area contributed by atoms with E-state index in [4.69, 9.17) is 9.47 Å². The number of rotatable bonds is 6. The zero-order chi connectivity index (χ0) is 17.2. The number of hydrazone groups is 2. The topological polar surface area (TPSA) is 84.3 Å². The zero-order valence-electron chi connectivity index (χ0n) is 13.4. The van der Waals surface area contributed by atoms with Gasteiger partial charge in [-0.15, -0.1) is 0 Å². The van der Waals surface area contributed by atoms with Gasteiger partial charge >= 0.3 is 6.03 Å². The zero-order valence-corrected chi connectivity index (χ0v) is 13.4. The molecule has 2 rings (SSSR count). The summed E-state index contributed by atoms with van der Waals surface area (Å²) >= 11 is 0. The molecule has 0 heterocycles. The van der Waals surface area contributed by atoms with Crippen molar-refractivity contribution in [2.45, 2.75) is 0 Å². The predicted molar refractivity (Wildman–Crippen MR) is 92.8 cm³/mol. The van der Waals surface area contributed by atoms with E-state index in [1.165, 1.54) is 12.4 Å². The van der Waals surface area contributed by atoms with Crippen LogP contribution < -0.4 is 20.3 Å². The number of ether oxygens (including phenoxy) is 2. The fraction of sp³-hybridized carbons (Fsp3) is 0.118. The summed E-state index contributed by atoms with van der Waals surface area (Å²) in [6.45, 7) is 0. The van der Waals surface area contributed by atoms with Crippen LogP contribution in [-0.4, -0.2) is 32.7 Å². The van der Waals surface area contributed by atoms with Crippen molar-refractivity contribution in [2.24, 2.45) is 10.2 Å². The van der Waals surface area contributed by atoms with Crippen LogP contribution in [0.25, 0.3) is 0 Å². The average Bonchev–Trinajstić information content (AvgIpc) is 2.63. The molecule has 24 heavy (non-hydrogen) atoms. The van der Waals surface area contributed by atoms with E-state index in [9.17, 15) is 4.79 Å². The molecule has 2 aromatic rings. The van der Waals surface area contributed by atoms with Crippen LogP contribution in [0.15, 0.2) is 58.7 Å². The molecular weight excluding hydrogens is 308 g/mol. The highest BCUT2D eigenvalue weighted by atomic mass is 16.5. The van der Waals surface area contributed by atoms with Gasteiger partial charge in [0.1, 0.15) is 11.5 Å².